The maximum absolute atomic E-state index is 11.0. The van der Waals surface area contributed by atoms with Crippen LogP contribution in [0.2, 0.25) is 0 Å². The summed E-state index contributed by atoms with van der Waals surface area (Å²) in [5.74, 6) is -0.374. The summed E-state index contributed by atoms with van der Waals surface area (Å²) in [4.78, 5) is 11.0. The van der Waals surface area contributed by atoms with E-state index < -0.39 is 5.97 Å². The summed E-state index contributed by atoms with van der Waals surface area (Å²) in [6.07, 6.45) is 0.501. The van der Waals surface area contributed by atoms with Crippen LogP contribution in [0.25, 0.3) is 0 Å². The van der Waals surface area contributed by atoms with E-state index in [2.05, 4.69) is 0 Å². The summed E-state index contributed by atoms with van der Waals surface area (Å²) in [7, 11) is 0. The lowest BCUT2D eigenvalue weighted by molar-refractivity contribution is -0.138. The molecule has 3 heteroatoms. The third-order valence-electron chi connectivity index (χ3n) is 1.31. The molecule has 0 fully saturated rings. The number of carbonyl (C=O) groups is 1. The van der Waals surface area contributed by atoms with E-state index in [0.717, 1.165) is 0 Å². The molecule has 0 aromatic heterocycles. The Morgan fingerprint density at radius 1 is 1.31 bits per heavy atom. The van der Waals surface area contributed by atoms with Crippen LogP contribution in [-0.2, 0) is 9.53 Å². The van der Waals surface area contributed by atoms with Crippen LogP contribution in [0.3, 0.4) is 0 Å². The standard InChI is InChI=1S/C8H14O3.C2H6/c1-4-7(6(3)9)8(10)11-5-2;1-2/h9H,4-5H2,1-3H3;1-2H3/b7-6-;. The normalized spacial score (nSPS) is 10.8. The van der Waals surface area contributed by atoms with E-state index in [-0.39, 0.29) is 5.76 Å². The zero-order valence-corrected chi connectivity index (χ0v) is 9.18. The smallest absolute Gasteiger partial charge is 0.337 e. The van der Waals surface area contributed by atoms with Crippen molar-refractivity contribution < 1.29 is 14.6 Å². The fourth-order valence-corrected chi connectivity index (χ4v) is 0.766. The first-order chi connectivity index (χ1) is 6.13. The summed E-state index contributed by atoms with van der Waals surface area (Å²) >= 11 is 0. The van der Waals surface area contributed by atoms with E-state index in [1.165, 1.54) is 6.92 Å². The molecule has 0 heterocycles. The Morgan fingerprint density at radius 3 is 2.00 bits per heavy atom. The molecule has 0 unspecified atom stereocenters. The average molecular weight is 188 g/mol. The van der Waals surface area contributed by atoms with E-state index in [1.807, 2.05) is 13.8 Å². The van der Waals surface area contributed by atoms with E-state index in [4.69, 9.17) is 9.84 Å². The van der Waals surface area contributed by atoms with Gasteiger partial charge in [-0.3, -0.25) is 0 Å². The number of rotatable bonds is 3. The van der Waals surface area contributed by atoms with Crippen molar-refractivity contribution >= 4 is 5.97 Å². The Balaban J connectivity index is 0. The minimum absolute atomic E-state index is 0.0472. The van der Waals surface area contributed by atoms with Crippen LogP contribution in [0.1, 0.15) is 41.0 Å². The van der Waals surface area contributed by atoms with Gasteiger partial charge in [-0.2, -0.15) is 0 Å². The van der Waals surface area contributed by atoms with Crippen molar-refractivity contribution in [3.05, 3.63) is 11.3 Å². The summed E-state index contributed by atoms with van der Waals surface area (Å²) in [5, 5.41) is 8.99. The van der Waals surface area contributed by atoms with Crippen molar-refractivity contribution in [3.63, 3.8) is 0 Å². The number of aliphatic hydroxyl groups excluding tert-OH is 1. The Kier molecular flexibility index (Phi) is 10.2. The predicted molar refractivity (Wildman–Crippen MR) is 53.6 cm³/mol. The Labute approximate surface area is 80.4 Å². The molecular formula is C10H20O3. The van der Waals surface area contributed by atoms with Crippen molar-refractivity contribution in [2.45, 2.75) is 41.0 Å². The van der Waals surface area contributed by atoms with Crippen molar-refractivity contribution in [2.75, 3.05) is 6.61 Å². The zero-order valence-electron chi connectivity index (χ0n) is 9.18. The Morgan fingerprint density at radius 2 is 1.77 bits per heavy atom. The second-order valence-electron chi connectivity index (χ2n) is 2.14. The molecule has 13 heavy (non-hydrogen) atoms. The van der Waals surface area contributed by atoms with E-state index in [1.54, 1.807) is 13.8 Å². The number of carbonyl (C=O) groups excluding carboxylic acids is 1. The topological polar surface area (TPSA) is 46.5 Å². The van der Waals surface area contributed by atoms with Crippen LogP contribution < -0.4 is 0 Å². The van der Waals surface area contributed by atoms with Gasteiger partial charge in [0.2, 0.25) is 0 Å². The molecule has 0 bridgehead atoms. The van der Waals surface area contributed by atoms with Crippen LogP contribution >= 0.6 is 0 Å². The van der Waals surface area contributed by atoms with Gasteiger partial charge in [0.1, 0.15) is 0 Å². The molecule has 0 atom stereocenters. The minimum atomic E-state index is -0.421. The molecule has 3 nitrogen and oxygen atoms in total. The number of esters is 1. The monoisotopic (exact) mass is 188 g/mol. The van der Waals surface area contributed by atoms with Crippen molar-refractivity contribution in [2.24, 2.45) is 0 Å². The van der Waals surface area contributed by atoms with Gasteiger partial charge in [0.05, 0.1) is 17.9 Å². The van der Waals surface area contributed by atoms with E-state index in [0.29, 0.717) is 18.6 Å². The quantitative estimate of drug-likeness (QED) is 0.421. The van der Waals surface area contributed by atoms with Gasteiger partial charge in [-0.1, -0.05) is 20.8 Å². The van der Waals surface area contributed by atoms with Gasteiger partial charge in [-0.05, 0) is 20.3 Å². The number of hydrogen-bond donors (Lipinski definition) is 1. The number of aliphatic hydroxyl groups is 1. The van der Waals surface area contributed by atoms with Gasteiger partial charge < -0.3 is 9.84 Å². The van der Waals surface area contributed by atoms with Gasteiger partial charge in [0.15, 0.2) is 0 Å². The third kappa shape index (κ3) is 6.20. The maximum atomic E-state index is 11.0. The van der Waals surface area contributed by atoms with Crippen LogP contribution in [0.15, 0.2) is 11.3 Å². The predicted octanol–water partition coefficient (Wildman–Crippen LogP) is 2.82. The molecule has 0 saturated carbocycles. The molecule has 1 N–H and O–H groups in total. The van der Waals surface area contributed by atoms with Gasteiger partial charge in [0, 0.05) is 0 Å². The Hall–Kier alpha value is -0.990. The van der Waals surface area contributed by atoms with Gasteiger partial charge >= 0.3 is 5.97 Å². The fraction of sp³-hybridized carbons (Fsp3) is 0.700. The molecule has 0 amide bonds. The number of allylic oxidation sites excluding steroid dienone is 1. The first kappa shape index (κ1) is 14.5. The van der Waals surface area contributed by atoms with Crippen LogP contribution in [0.5, 0.6) is 0 Å². The fourth-order valence-electron chi connectivity index (χ4n) is 0.766. The largest absolute Gasteiger partial charge is 0.512 e. The molecule has 0 spiro atoms. The van der Waals surface area contributed by atoms with Crippen LogP contribution in [0.4, 0.5) is 0 Å². The highest BCUT2D eigenvalue weighted by molar-refractivity contribution is 5.88. The lowest BCUT2D eigenvalue weighted by Crippen LogP contribution is -2.08. The average Bonchev–Trinajstić information content (AvgIpc) is 2.09. The Bertz CT molecular complexity index is 167. The third-order valence-corrected chi connectivity index (χ3v) is 1.31. The van der Waals surface area contributed by atoms with Crippen LogP contribution in [0, 0.1) is 0 Å². The van der Waals surface area contributed by atoms with Crippen LogP contribution in [-0.4, -0.2) is 17.7 Å². The molecule has 0 aliphatic rings. The molecule has 0 aliphatic heterocycles. The van der Waals surface area contributed by atoms with Gasteiger partial charge in [-0.25, -0.2) is 4.79 Å². The SMILES string of the molecule is CC.CCOC(=O)/C(CC)=C(/C)O. The molecule has 0 radical (unpaired) electrons. The molecule has 0 aliphatic carbocycles. The van der Waals surface area contributed by atoms with Crippen molar-refractivity contribution in [1.29, 1.82) is 0 Å². The summed E-state index contributed by atoms with van der Waals surface area (Å²) in [6, 6.07) is 0. The highest BCUT2D eigenvalue weighted by Gasteiger charge is 2.10. The van der Waals surface area contributed by atoms with E-state index >= 15 is 0 Å². The summed E-state index contributed by atoms with van der Waals surface area (Å²) in [5.41, 5.74) is 0.354. The zero-order chi connectivity index (χ0) is 10.9. The molecule has 0 rings (SSSR count). The highest BCUT2D eigenvalue weighted by Crippen LogP contribution is 2.07. The molecule has 0 saturated heterocycles. The molecule has 0 aromatic carbocycles. The molecule has 78 valence electrons. The first-order valence-electron chi connectivity index (χ1n) is 4.69. The summed E-state index contributed by atoms with van der Waals surface area (Å²) in [6.45, 7) is 9.36. The van der Waals surface area contributed by atoms with Gasteiger partial charge in [-0.15, -0.1) is 0 Å². The second-order valence-corrected chi connectivity index (χ2v) is 2.14. The minimum Gasteiger partial charge on any atom is -0.512 e. The second kappa shape index (κ2) is 9.10. The lowest BCUT2D eigenvalue weighted by Gasteiger charge is -2.04. The first-order valence-corrected chi connectivity index (χ1v) is 4.69. The molecular weight excluding hydrogens is 168 g/mol. The van der Waals surface area contributed by atoms with E-state index in [9.17, 15) is 4.79 Å². The van der Waals surface area contributed by atoms with Crippen molar-refractivity contribution in [1.82, 2.24) is 0 Å². The summed E-state index contributed by atoms with van der Waals surface area (Å²) < 4.78 is 4.70. The number of ether oxygens (including phenoxy) is 1. The lowest BCUT2D eigenvalue weighted by atomic mass is 10.2. The van der Waals surface area contributed by atoms with Crippen molar-refractivity contribution in [3.8, 4) is 0 Å². The highest BCUT2D eigenvalue weighted by atomic mass is 16.5. The van der Waals surface area contributed by atoms with Gasteiger partial charge in [0.25, 0.3) is 0 Å². The number of hydrogen-bond acceptors (Lipinski definition) is 3. The molecule has 0 aromatic rings. The maximum Gasteiger partial charge on any atom is 0.337 e.